The van der Waals surface area contributed by atoms with Crippen molar-refractivity contribution in [2.45, 2.75) is 26.3 Å². The third-order valence-corrected chi connectivity index (χ3v) is 3.15. The molecule has 1 aromatic carbocycles. The Morgan fingerprint density at radius 3 is 2.55 bits per heavy atom. The van der Waals surface area contributed by atoms with E-state index in [0.29, 0.717) is 18.5 Å². The molecule has 0 amide bonds. The van der Waals surface area contributed by atoms with Gasteiger partial charge in [-0.25, -0.2) is 4.98 Å². The Bertz CT molecular complexity index is 525. The van der Waals surface area contributed by atoms with Crippen molar-refractivity contribution in [1.82, 2.24) is 4.98 Å². The smallest absolute Gasteiger partial charge is 0.213 e. The fourth-order valence-electron chi connectivity index (χ4n) is 2.01. The lowest BCUT2D eigenvalue weighted by atomic mass is 10.1. The highest BCUT2D eigenvalue weighted by atomic mass is 35.5. The minimum Gasteiger partial charge on any atom is -0.478 e. The highest BCUT2D eigenvalue weighted by molar-refractivity contribution is 6.30. The van der Waals surface area contributed by atoms with Crippen LogP contribution in [0, 0.1) is 0 Å². The van der Waals surface area contributed by atoms with Crippen LogP contribution in [0.15, 0.2) is 42.6 Å². The molecule has 0 aliphatic rings. The van der Waals surface area contributed by atoms with Gasteiger partial charge in [-0.3, -0.25) is 0 Å². The Kier molecular flexibility index (Phi) is 5.24. The molecule has 0 spiro atoms. The Hall–Kier alpha value is -1.74. The first-order valence-electron chi connectivity index (χ1n) is 6.77. The fourth-order valence-corrected chi connectivity index (χ4v) is 2.13. The van der Waals surface area contributed by atoms with Crippen LogP contribution >= 0.6 is 11.6 Å². The third-order valence-electron chi connectivity index (χ3n) is 2.90. The molecule has 0 saturated heterocycles. The van der Waals surface area contributed by atoms with Crippen molar-refractivity contribution >= 4 is 17.3 Å². The molecule has 0 radical (unpaired) electrons. The molecule has 1 unspecified atom stereocenters. The molecule has 0 fully saturated rings. The topological polar surface area (TPSA) is 34.1 Å². The molecule has 1 heterocycles. The first kappa shape index (κ1) is 14.7. The van der Waals surface area contributed by atoms with E-state index in [-0.39, 0.29) is 0 Å². The molecule has 1 N–H and O–H groups in total. The van der Waals surface area contributed by atoms with E-state index in [9.17, 15) is 0 Å². The number of anilines is 1. The van der Waals surface area contributed by atoms with E-state index < -0.39 is 0 Å². The standard InChI is InChI=1S/C16H19ClN2O/c1-3-20-16-9-8-15(11-18-16)19-12(2)10-13-4-6-14(17)7-5-13/h4-9,11-12,19H,3,10H2,1-2H3. The van der Waals surface area contributed by atoms with E-state index >= 15 is 0 Å². The van der Waals surface area contributed by atoms with Gasteiger partial charge in [0.05, 0.1) is 18.5 Å². The van der Waals surface area contributed by atoms with E-state index in [0.717, 1.165) is 17.1 Å². The number of aromatic nitrogens is 1. The van der Waals surface area contributed by atoms with E-state index in [1.165, 1.54) is 5.56 Å². The Morgan fingerprint density at radius 1 is 1.20 bits per heavy atom. The maximum Gasteiger partial charge on any atom is 0.213 e. The number of rotatable bonds is 6. The summed E-state index contributed by atoms with van der Waals surface area (Å²) in [5.41, 5.74) is 2.25. The Balaban J connectivity index is 1.90. The van der Waals surface area contributed by atoms with E-state index in [2.05, 4.69) is 29.4 Å². The molecule has 0 bridgehead atoms. The SMILES string of the molecule is CCOc1ccc(NC(C)Cc2ccc(Cl)cc2)cn1. The summed E-state index contributed by atoms with van der Waals surface area (Å²) in [6.45, 7) is 4.72. The van der Waals surface area contributed by atoms with Crippen molar-refractivity contribution < 1.29 is 4.74 Å². The van der Waals surface area contributed by atoms with Crippen LogP contribution in [0.5, 0.6) is 5.88 Å². The van der Waals surface area contributed by atoms with Crippen LogP contribution in [-0.4, -0.2) is 17.6 Å². The summed E-state index contributed by atoms with van der Waals surface area (Å²) in [7, 11) is 0. The van der Waals surface area contributed by atoms with Crippen molar-refractivity contribution in [3.63, 3.8) is 0 Å². The summed E-state index contributed by atoms with van der Waals surface area (Å²) in [5, 5.41) is 4.19. The largest absolute Gasteiger partial charge is 0.478 e. The summed E-state index contributed by atoms with van der Waals surface area (Å²) in [5.74, 6) is 0.656. The van der Waals surface area contributed by atoms with E-state index in [4.69, 9.17) is 16.3 Å². The quantitative estimate of drug-likeness (QED) is 0.867. The van der Waals surface area contributed by atoms with Gasteiger partial charge in [0.2, 0.25) is 5.88 Å². The van der Waals surface area contributed by atoms with Gasteiger partial charge in [-0.05, 0) is 44.0 Å². The average molecular weight is 291 g/mol. The van der Waals surface area contributed by atoms with Crippen LogP contribution in [0.4, 0.5) is 5.69 Å². The number of pyridine rings is 1. The van der Waals surface area contributed by atoms with E-state index in [1.807, 2.05) is 31.2 Å². The lowest BCUT2D eigenvalue weighted by molar-refractivity contribution is 0.327. The van der Waals surface area contributed by atoms with Gasteiger partial charge < -0.3 is 10.1 Å². The molecule has 1 aromatic heterocycles. The van der Waals surface area contributed by atoms with Gasteiger partial charge >= 0.3 is 0 Å². The molecule has 2 rings (SSSR count). The number of nitrogens with zero attached hydrogens (tertiary/aromatic N) is 1. The van der Waals surface area contributed by atoms with Gasteiger partial charge in [-0.1, -0.05) is 23.7 Å². The number of benzene rings is 1. The van der Waals surface area contributed by atoms with E-state index in [1.54, 1.807) is 6.20 Å². The zero-order valence-corrected chi connectivity index (χ0v) is 12.5. The molecule has 2 aromatic rings. The summed E-state index contributed by atoms with van der Waals surface area (Å²) in [6.07, 6.45) is 2.73. The number of ether oxygens (including phenoxy) is 1. The highest BCUT2D eigenvalue weighted by Gasteiger charge is 2.04. The first-order chi connectivity index (χ1) is 9.67. The number of halogens is 1. The molecule has 0 aliphatic heterocycles. The molecule has 20 heavy (non-hydrogen) atoms. The lowest BCUT2D eigenvalue weighted by Gasteiger charge is -2.15. The number of hydrogen-bond donors (Lipinski definition) is 1. The number of nitrogens with one attached hydrogen (secondary N) is 1. The molecule has 0 saturated carbocycles. The Morgan fingerprint density at radius 2 is 1.95 bits per heavy atom. The fraction of sp³-hybridized carbons (Fsp3) is 0.312. The van der Waals surface area contributed by atoms with Crippen LogP contribution < -0.4 is 10.1 Å². The maximum absolute atomic E-state index is 5.88. The van der Waals surface area contributed by atoms with Crippen molar-refractivity contribution in [2.75, 3.05) is 11.9 Å². The normalized spacial score (nSPS) is 11.9. The Labute approximate surface area is 124 Å². The van der Waals surface area contributed by atoms with Gasteiger partial charge in [-0.2, -0.15) is 0 Å². The average Bonchev–Trinajstić information content (AvgIpc) is 2.44. The summed E-state index contributed by atoms with van der Waals surface area (Å²) < 4.78 is 5.32. The predicted molar refractivity (Wildman–Crippen MR) is 83.6 cm³/mol. The molecule has 1 atom stereocenters. The summed E-state index contributed by atoms with van der Waals surface area (Å²) in [6, 6.07) is 12.1. The molecule has 0 aliphatic carbocycles. The lowest BCUT2D eigenvalue weighted by Crippen LogP contribution is -2.18. The van der Waals surface area contributed by atoms with Crippen LogP contribution in [0.25, 0.3) is 0 Å². The second-order valence-corrected chi connectivity index (χ2v) is 5.13. The monoisotopic (exact) mass is 290 g/mol. The van der Waals surface area contributed by atoms with Crippen LogP contribution in [0.1, 0.15) is 19.4 Å². The minimum atomic E-state index is 0.316. The van der Waals surface area contributed by atoms with Crippen molar-refractivity contribution in [3.8, 4) is 5.88 Å². The van der Waals surface area contributed by atoms with Crippen LogP contribution in [-0.2, 0) is 6.42 Å². The van der Waals surface area contributed by atoms with Crippen molar-refractivity contribution in [1.29, 1.82) is 0 Å². The zero-order chi connectivity index (χ0) is 14.4. The number of hydrogen-bond acceptors (Lipinski definition) is 3. The predicted octanol–water partition coefficient (Wildman–Crippen LogP) is 4.18. The molecule has 3 nitrogen and oxygen atoms in total. The second kappa shape index (κ2) is 7.15. The molecular weight excluding hydrogens is 272 g/mol. The van der Waals surface area contributed by atoms with Crippen molar-refractivity contribution in [3.05, 3.63) is 53.2 Å². The van der Waals surface area contributed by atoms with Gasteiger partial charge in [0.25, 0.3) is 0 Å². The van der Waals surface area contributed by atoms with Crippen molar-refractivity contribution in [2.24, 2.45) is 0 Å². The second-order valence-electron chi connectivity index (χ2n) is 4.69. The molecule has 106 valence electrons. The van der Waals surface area contributed by atoms with Gasteiger partial charge in [0, 0.05) is 17.1 Å². The maximum atomic E-state index is 5.88. The molecular formula is C16H19ClN2O. The third kappa shape index (κ3) is 4.42. The van der Waals surface area contributed by atoms with Crippen LogP contribution in [0.2, 0.25) is 5.02 Å². The van der Waals surface area contributed by atoms with Crippen LogP contribution in [0.3, 0.4) is 0 Å². The van der Waals surface area contributed by atoms with Gasteiger partial charge in [0.1, 0.15) is 0 Å². The van der Waals surface area contributed by atoms with Gasteiger partial charge in [-0.15, -0.1) is 0 Å². The van der Waals surface area contributed by atoms with Gasteiger partial charge in [0.15, 0.2) is 0 Å². The summed E-state index contributed by atoms with van der Waals surface area (Å²) in [4.78, 5) is 4.24. The zero-order valence-electron chi connectivity index (χ0n) is 11.8. The first-order valence-corrected chi connectivity index (χ1v) is 7.15. The minimum absolute atomic E-state index is 0.316. The summed E-state index contributed by atoms with van der Waals surface area (Å²) >= 11 is 5.88. The highest BCUT2D eigenvalue weighted by Crippen LogP contribution is 2.15. The molecule has 4 heteroatoms.